The van der Waals surface area contributed by atoms with E-state index in [-0.39, 0.29) is 15.0 Å². The maximum Gasteiger partial charge on any atom is 0.206 e. The van der Waals surface area contributed by atoms with E-state index in [2.05, 4.69) is 4.98 Å². The molecule has 0 N–H and O–H groups in total. The summed E-state index contributed by atoms with van der Waals surface area (Å²) in [5, 5.41) is 1.33. The predicted octanol–water partition coefficient (Wildman–Crippen LogP) is 6.70. The van der Waals surface area contributed by atoms with Gasteiger partial charge in [-0.2, -0.15) is 0 Å². The van der Waals surface area contributed by atoms with E-state index in [0.717, 1.165) is 17.9 Å². The number of sulfone groups is 1. The minimum atomic E-state index is -3.60. The van der Waals surface area contributed by atoms with E-state index in [9.17, 15) is 8.42 Å². The Balaban J connectivity index is 1.56. The molecule has 3 aromatic carbocycles. The van der Waals surface area contributed by atoms with Crippen molar-refractivity contribution >= 4 is 44.8 Å². The van der Waals surface area contributed by atoms with Gasteiger partial charge in [-0.15, -0.1) is 11.8 Å². The second-order valence-corrected chi connectivity index (χ2v) is 11.2. The third kappa shape index (κ3) is 5.56. The number of halogens is 2. The van der Waals surface area contributed by atoms with Gasteiger partial charge in [0.05, 0.1) is 16.1 Å². The second kappa shape index (κ2) is 10.1. The summed E-state index contributed by atoms with van der Waals surface area (Å²) < 4.78 is 27.9. The Morgan fingerprint density at radius 2 is 1.41 bits per heavy atom. The number of thioether (sulfide) groups is 1. The van der Waals surface area contributed by atoms with Crippen LogP contribution in [0.25, 0.3) is 0 Å². The molecule has 0 aliphatic carbocycles. The number of hydrogen-bond donors (Lipinski definition) is 0. The van der Waals surface area contributed by atoms with Gasteiger partial charge in [0, 0.05) is 40.0 Å². The monoisotopic (exact) mass is 502 g/mol. The summed E-state index contributed by atoms with van der Waals surface area (Å²) in [6.45, 7) is 0.724. The van der Waals surface area contributed by atoms with Gasteiger partial charge in [0.25, 0.3) is 0 Å². The summed E-state index contributed by atoms with van der Waals surface area (Å²) in [6.07, 6.45) is 5.47. The van der Waals surface area contributed by atoms with Crippen LogP contribution in [0.1, 0.15) is 16.4 Å². The average Bonchev–Trinajstić information content (AvgIpc) is 3.31. The molecule has 1 unspecified atom stereocenters. The fraction of sp³-hybridized carbons (Fsp3) is 0.125. The second-order valence-electron chi connectivity index (χ2n) is 7.21. The van der Waals surface area contributed by atoms with Crippen molar-refractivity contribution in [2.45, 2.75) is 27.3 Å². The number of aromatic nitrogens is 2. The fourth-order valence-corrected chi connectivity index (χ4v) is 5.96. The molecule has 1 heterocycles. The van der Waals surface area contributed by atoms with Crippen LogP contribution in [0.3, 0.4) is 0 Å². The molecule has 0 radical (unpaired) electrons. The summed E-state index contributed by atoms with van der Waals surface area (Å²) in [5.74, 6) is 0.807. The van der Waals surface area contributed by atoms with Crippen molar-refractivity contribution in [3.8, 4) is 0 Å². The highest BCUT2D eigenvalue weighted by Crippen LogP contribution is 2.34. The van der Waals surface area contributed by atoms with E-state index in [4.69, 9.17) is 23.2 Å². The lowest BCUT2D eigenvalue weighted by atomic mass is 10.1. The molecule has 0 bridgehead atoms. The molecule has 0 amide bonds. The Labute approximate surface area is 202 Å². The van der Waals surface area contributed by atoms with Crippen LogP contribution in [-0.4, -0.2) is 18.0 Å². The molecule has 0 fully saturated rings. The van der Waals surface area contributed by atoms with E-state index < -0.39 is 9.84 Å². The summed E-state index contributed by atoms with van der Waals surface area (Å²) in [5.41, 5.74) is 2.23. The third-order valence-electron chi connectivity index (χ3n) is 4.99. The minimum absolute atomic E-state index is 0.118. The third-order valence-corrected chi connectivity index (χ3v) is 8.60. The van der Waals surface area contributed by atoms with Crippen molar-refractivity contribution in [3.05, 3.63) is 113 Å². The molecule has 1 atom stereocenters. The van der Waals surface area contributed by atoms with E-state index >= 15 is 0 Å². The zero-order valence-corrected chi connectivity index (χ0v) is 20.1. The van der Waals surface area contributed by atoms with E-state index in [1.807, 2.05) is 47.2 Å². The topological polar surface area (TPSA) is 52.0 Å². The fourth-order valence-electron chi connectivity index (χ4n) is 3.23. The quantitative estimate of drug-likeness (QED) is 0.269. The van der Waals surface area contributed by atoms with Crippen LogP contribution in [0, 0.1) is 0 Å². The summed E-state index contributed by atoms with van der Waals surface area (Å²) in [4.78, 5) is 4.61. The molecular weight excluding hydrogens is 483 g/mol. The van der Waals surface area contributed by atoms with E-state index in [1.165, 1.54) is 17.7 Å². The highest BCUT2D eigenvalue weighted by molar-refractivity contribution is 7.98. The lowest BCUT2D eigenvalue weighted by Gasteiger charge is -2.18. The molecule has 0 saturated heterocycles. The molecule has 164 valence electrons. The Morgan fingerprint density at radius 3 is 1.97 bits per heavy atom. The summed E-state index contributed by atoms with van der Waals surface area (Å²) in [6, 6.07) is 21.1. The Morgan fingerprint density at radius 1 is 0.844 bits per heavy atom. The minimum Gasteiger partial charge on any atom is -0.336 e. The zero-order chi connectivity index (χ0) is 22.6. The molecule has 4 aromatic rings. The van der Waals surface area contributed by atoms with Crippen molar-refractivity contribution < 1.29 is 8.42 Å². The van der Waals surface area contributed by atoms with E-state index in [0.29, 0.717) is 10.0 Å². The predicted molar refractivity (Wildman–Crippen MR) is 131 cm³/mol. The van der Waals surface area contributed by atoms with Gasteiger partial charge in [-0.05, 0) is 59.7 Å². The molecule has 0 spiro atoms. The molecule has 0 aliphatic heterocycles. The first-order valence-electron chi connectivity index (χ1n) is 9.84. The number of nitrogens with zero attached hydrogens (tertiary/aromatic N) is 2. The number of hydrogen-bond acceptors (Lipinski definition) is 4. The van der Waals surface area contributed by atoms with Crippen molar-refractivity contribution in [2.75, 3.05) is 0 Å². The molecule has 1 aromatic heterocycles. The first kappa shape index (κ1) is 22.9. The number of rotatable bonds is 8. The van der Waals surface area contributed by atoms with Crippen molar-refractivity contribution in [2.24, 2.45) is 0 Å². The zero-order valence-electron chi connectivity index (χ0n) is 16.9. The van der Waals surface area contributed by atoms with Crippen molar-refractivity contribution in [3.63, 3.8) is 0 Å². The van der Waals surface area contributed by atoms with Gasteiger partial charge in [0.15, 0.2) is 0 Å². The highest BCUT2D eigenvalue weighted by atomic mass is 35.5. The maximum atomic E-state index is 12.9. The molecule has 4 nitrogen and oxygen atoms in total. The first-order valence-corrected chi connectivity index (χ1v) is 13.1. The summed E-state index contributed by atoms with van der Waals surface area (Å²) in [7, 11) is -3.60. The lowest BCUT2D eigenvalue weighted by molar-refractivity contribution is 0.596. The van der Waals surface area contributed by atoms with Gasteiger partial charge in [-0.25, -0.2) is 13.4 Å². The van der Waals surface area contributed by atoms with Crippen LogP contribution in [0.5, 0.6) is 0 Å². The molecular formula is C24H20Cl2N2O2S2. The Hall–Kier alpha value is -2.25. The first-order chi connectivity index (χ1) is 15.4. The normalized spacial score (nSPS) is 12.6. The van der Waals surface area contributed by atoms with Crippen molar-refractivity contribution in [1.29, 1.82) is 0 Å². The van der Waals surface area contributed by atoms with E-state index in [1.54, 1.807) is 48.6 Å². The smallest absolute Gasteiger partial charge is 0.206 e. The van der Waals surface area contributed by atoms with Crippen molar-refractivity contribution in [1.82, 2.24) is 9.55 Å². The average molecular weight is 503 g/mol. The lowest BCUT2D eigenvalue weighted by Crippen LogP contribution is -2.07. The number of imidazole rings is 1. The van der Waals surface area contributed by atoms with Gasteiger partial charge in [0.2, 0.25) is 9.84 Å². The van der Waals surface area contributed by atoms with Gasteiger partial charge in [-0.3, -0.25) is 0 Å². The molecule has 0 saturated carbocycles. The standard InChI is InChI=1S/C24H20Cl2N2O2S2/c25-20-5-1-18(2-6-20)16-31-24(15-28-14-13-27-17-28)19-3-9-22(10-4-19)32(29,30)23-11-7-21(26)8-12-23/h1-14,17,24H,15-16H2. The SMILES string of the molecule is O=S(=O)(c1ccc(Cl)cc1)c1ccc(C(Cn2ccnc2)SCc2ccc(Cl)cc2)cc1. The highest BCUT2D eigenvalue weighted by Gasteiger charge is 2.19. The molecule has 8 heteroatoms. The van der Waals surface area contributed by atoms with Gasteiger partial charge in [0.1, 0.15) is 0 Å². The van der Waals surface area contributed by atoms with Gasteiger partial charge in [-0.1, -0.05) is 47.5 Å². The van der Waals surface area contributed by atoms with Crippen LogP contribution in [0.4, 0.5) is 0 Å². The van der Waals surface area contributed by atoms with Crippen LogP contribution < -0.4 is 0 Å². The van der Waals surface area contributed by atoms with Crippen LogP contribution in [0.15, 0.2) is 101 Å². The van der Waals surface area contributed by atoms with Crippen LogP contribution >= 0.6 is 35.0 Å². The maximum absolute atomic E-state index is 12.9. The van der Waals surface area contributed by atoms with Gasteiger partial charge < -0.3 is 4.57 Å². The summed E-state index contributed by atoms with van der Waals surface area (Å²) >= 11 is 13.7. The number of benzene rings is 3. The largest absolute Gasteiger partial charge is 0.336 e. The Bertz CT molecular complexity index is 1260. The molecule has 32 heavy (non-hydrogen) atoms. The Kier molecular flexibility index (Phi) is 7.26. The molecule has 4 rings (SSSR count). The van der Waals surface area contributed by atoms with Crippen LogP contribution in [0.2, 0.25) is 10.0 Å². The molecule has 0 aliphatic rings. The van der Waals surface area contributed by atoms with Crippen LogP contribution in [-0.2, 0) is 22.1 Å². The van der Waals surface area contributed by atoms with Gasteiger partial charge >= 0.3 is 0 Å².